The lowest BCUT2D eigenvalue weighted by Gasteiger charge is -2.27. The van der Waals surface area contributed by atoms with Gasteiger partial charge in [0.2, 0.25) is 0 Å². The maximum Gasteiger partial charge on any atom is 0.120 e. The van der Waals surface area contributed by atoms with E-state index in [2.05, 4.69) is 20.8 Å². The van der Waals surface area contributed by atoms with Gasteiger partial charge in [0.1, 0.15) is 5.75 Å². The van der Waals surface area contributed by atoms with Gasteiger partial charge in [-0.2, -0.15) is 0 Å². The second-order valence-corrected chi connectivity index (χ2v) is 5.69. The van der Waals surface area contributed by atoms with Crippen LogP contribution in [0.3, 0.4) is 0 Å². The van der Waals surface area contributed by atoms with E-state index >= 15 is 0 Å². The van der Waals surface area contributed by atoms with E-state index in [0.29, 0.717) is 0 Å². The minimum Gasteiger partial charge on any atom is -0.508 e. The molecule has 0 aliphatic rings. The monoisotopic (exact) mass is 221 g/mol. The fraction of sp³-hybridized carbons (Fsp3) is 0.571. The zero-order valence-electron chi connectivity index (χ0n) is 11.0. The summed E-state index contributed by atoms with van der Waals surface area (Å²) in [4.78, 5) is 0. The standard InChI is InChI=1S/C14H23NO/c1-6-13(2,3)10-7-8-12(16)11(9-10)14(4,5)15/h7-9,16H,6,15H2,1-5H3. The van der Waals surface area contributed by atoms with Gasteiger partial charge in [0, 0.05) is 11.1 Å². The molecule has 0 unspecified atom stereocenters. The van der Waals surface area contributed by atoms with E-state index in [1.807, 2.05) is 26.0 Å². The van der Waals surface area contributed by atoms with Crippen molar-refractivity contribution in [1.29, 1.82) is 0 Å². The summed E-state index contributed by atoms with van der Waals surface area (Å²) in [6.07, 6.45) is 1.06. The van der Waals surface area contributed by atoms with Crippen LogP contribution in [0.25, 0.3) is 0 Å². The Morgan fingerprint density at radius 3 is 2.19 bits per heavy atom. The Balaban J connectivity index is 3.29. The lowest BCUT2D eigenvalue weighted by Crippen LogP contribution is -2.29. The van der Waals surface area contributed by atoms with E-state index in [-0.39, 0.29) is 11.2 Å². The van der Waals surface area contributed by atoms with E-state index in [0.717, 1.165) is 12.0 Å². The number of phenolic OH excluding ortho intramolecular Hbond substituents is 1. The minimum atomic E-state index is -0.510. The van der Waals surface area contributed by atoms with Crippen molar-refractivity contribution < 1.29 is 5.11 Å². The number of nitrogens with two attached hydrogens (primary N) is 1. The molecule has 1 rings (SSSR count). The predicted octanol–water partition coefficient (Wildman–Crippen LogP) is 3.27. The minimum absolute atomic E-state index is 0.119. The first-order valence-corrected chi connectivity index (χ1v) is 5.81. The van der Waals surface area contributed by atoms with Crippen molar-refractivity contribution in [1.82, 2.24) is 0 Å². The van der Waals surface area contributed by atoms with Crippen molar-refractivity contribution in [2.24, 2.45) is 5.73 Å². The van der Waals surface area contributed by atoms with Crippen molar-refractivity contribution in [3.63, 3.8) is 0 Å². The molecule has 0 atom stereocenters. The second-order valence-electron chi connectivity index (χ2n) is 5.69. The molecule has 1 aromatic rings. The van der Waals surface area contributed by atoms with Crippen molar-refractivity contribution in [3.05, 3.63) is 29.3 Å². The Kier molecular flexibility index (Phi) is 3.34. The zero-order valence-corrected chi connectivity index (χ0v) is 11.0. The number of benzene rings is 1. The number of hydrogen-bond donors (Lipinski definition) is 2. The van der Waals surface area contributed by atoms with Crippen LogP contribution in [0.4, 0.5) is 0 Å². The smallest absolute Gasteiger partial charge is 0.120 e. The fourth-order valence-corrected chi connectivity index (χ4v) is 1.68. The van der Waals surface area contributed by atoms with Crippen molar-refractivity contribution in [2.45, 2.75) is 52.0 Å². The molecule has 0 fully saturated rings. The molecule has 0 aliphatic carbocycles. The highest BCUT2D eigenvalue weighted by Crippen LogP contribution is 2.33. The van der Waals surface area contributed by atoms with Gasteiger partial charge in [-0.3, -0.25) is 0 Å². The van der Waals surface area contributed by atoms with Crippen LogP contribution in [0.5, 0.6) is 5.75 Å². The average Bonchev–Trinajstić information content (AvgIpc) is 2.16. The Bertz CT molecular complexity index is 375. The number of rotatable bonds is 3. The molecule has 2 nitrogen and oxygen atoms in total. The van der Waals surface area contributed by atoms with E-state index in [1.54, 1.807) is 6.07 Å². The van der Waals surface area contributed by atoms with Crippen LogP contribution in [-0.4, -0.2) is 5.11 Å². The van der Waals surface area contributed by atoms with Gasteiger partial charge in [-0.25, -0.2) is 0 Å². The topological polar surface area (TPSA) is 46.2 Å². The normalized spacial score (nSPS) is 12.9. The number of hydrogen-bond acceptors (Lipinski definition) is 2. The Hall–Kier alpha value is -1.02. The van der Waals surface area contributed by atoms with Gasteiger partial charge in [0.15, 0.2) is 0 Å². The maximum atomic E-state index is 9.83. The van der Waals surface area contributed by atoms with Gasteiger partial charge in [-0.05, 0) is 43.4 Å². The first kappa shape index (κ1) is 13.0. The van der Waals surface area contributed by atoms with E-state index < -0.39 is 5.54 Å². The molecule has 0 saturated carbocycles. The Morgan fingerprint density at radius 2 is 1.75 bits per heavy atom. The number of phenols is 1. The quantitative estimate of drug-likeness (QED) is 0.822. The Morgan fingerprint density at radius 1 is 1.19 bits per heavy atom. The largest absolute Gasteiger partial charge is 0.508 e. The van der Waals surface area contributed by atoms with E-state index in [9.17, 15) is 5.11 Å². The summed E-state index contributed by atoms with van der Waals surface area (Å²) in [5, 5.41) is 9.83. The second kappa shape index (κ2) is 4.10. The molecule has 0 aromatic heterocycles. The highest BCUT2D eigenvalue weighted by atomic mass is 16.3. The molecule has 3 N–H and O–H groups in total. The molecule has 1 aromatic carbocycles. The molecule has 90 valence electrons. The summed E-state index contributed by atoms with van der Waals surface area (Å²) < 4.78 is 0. The van der Waals surface area contributed by atoms with Gasteiger partial charge in [-0.15, -0.1) is 0 Å². The summed E-state index contributed by atoms with van der Waals surface area (Å²) in [6.45, 7) is 10.4. The molecule has 0 radical (unpaired) electrons. The molecule has 0 spiro atoms. The van der Waals surface area contributed by atoms with Crippen LogP contribution in [0.15, 0.2) is 18.2 Å². The molecular formula is C14H23NO. The summed E-state index contributed by atoms with van der Waals surface area (Å²) in [6, 6.07) is 5.75. The fourth-order valence-electron chi connectivity index (χ4n) is 1.68. The maximum absolute atomic E-state index is 9.83. The zero-order chi connectivity index (χ0) is 12.6. The highest BCUT2D eigenvalue weighted by Gasteiger charge is 2.23. The molecule has 0 heterocycles. The third kappa shape index (κ3) is 2.56. The molecule has 2 heteroatoms. The number of aromatic hydroxyl groups is 1. The van der Waals surface area contributed by atoms with Crippen LogP contribution >= 0.6 is 0 Å². The Labute approximate surface area is 98.5 Å². The van der Waals surface area contributed by atoms with Gasteiger partial charge in [0.05, 0.1) is 0 Å². The summed E-state index contributed by atoms with van der Waals surface area (Å²) in [5.74, 6) is 0.281. The highest BCUT2D eigenvalue weighted by molar-refractivity contribution is 5.42. The summed E-state index contributed by atoms with van der Waals surface area (Å²) >= 11 is 0. The van der Waals surface area contributed by atoms with E-state index in [1.165, 1.54) is 5.56 Å². The van der Waals surface area contributed by atoms with Crippen LogP contribution in [0, 0.1) is 0 Å². The van der Waals surface area contributed by atoms with Crippen molar-refractivity contribution in [3.8, 4) is 5.75 Å². The third-order valence-electron chi connectivity index (χ3n) is 3.36. The summed E-state index contributed by atoms with van der Waals surface area (Å²) in [7, 11) is 0. The van der Waals surface area contributed by atoms with Crippen LogP contribution in [-0.2, 0) is 11.0 Å². The first-order valence-electron chi connectivity index (χ1n) is 5.81. The SMILES string of the molecule is CCC(C)(C)c1ccc(O)c(C(C)(C)N)c1. The van der Waals surface area contributed by atoms with Gasteiger partial charge in [0.25, 0.3) is 0 Å². The lowest BCUT2D eigenvalue weighted by atomic mass is 9.80. The van der Waals surface area contributed by atoms with E-state index in [4.69, 9.17) is 5.73 Å². The van der Waals surface area contributed by atoms with Gasteiger partial charge in [-0.1, -0.05) is 26.8 Å². The molecule has 16 heavy (non-hydrogen) atoms. The van der Waals surface area contributed by atoms with Gasteiger partial charge >= 0.3 is 0 Å². The van der Waals surface area contributed by atoms with Crippen molar-refractivity contribution in [2.75, 3.05) is 0 Å². The first-order chi connectivity index (χ1) is 7.18. The van der Waals surface area contributed by atoms with Gasteiger partial charge < -0.3 is 10.8 Å². The third-order valence-corrected chi connectivity index (χ3v) is 3.36. The molecular weight excluding hydrogens is 198 g/mol. The van der Waals surface area contributed by atoms with Crippen LogP contribution in [0.1, 0.15) is 52.2 Å². The predicted molar refractivity (Wildman–Crippen MR) is 68.6 cm³/mol. The molecule has 0 saturated heterocycles. The summed E-state index contributed by atoms with van der Waals surface area (Å²) in [5.41, 5.74) is 7.70. The average molecular weight is 221 g/mol. The van der Waals surface area contributed by atoms with Crippen LogP contribution < -0.4 is 5.73 Å². The van der Waals surface area contributed by atoms with Crippen molar-refractivity contribution >= 4 is 0 Å². The molecule has 0 amide bonds. The van der Waals surface area contributed by atoms with Crippen LogP contribution in [0.2, 0.25) is 0 Å². The molecule has 0 bridgehead atoms. The molecule has 0 aliphatic heterocycles. The lowest BCUT2D eigenvalue weighted by molar-refractivity contribution is 0.436.